The van der Waals surface area contributed by atoms with Crippen molar-refractivity contribution >= 4 is 5.69 Å². The predicted octanol–water partition coefficient (Wildman–Crippen LogP) is 5.65. The number of H-pyrrole nitrogens is 1. The Hall–Kier alpha value is -3.60. The van der Waals surface area contributed by atoms with Crippen LogP contribution in [-0.4, -0.2) is 14.8 Å². The molecule has 34 heavy (non-hydrogen) atoms. The molecule has 1 heterocycles. The van der Waals surface area contributed by atoms with Crippen LogP contribution in [0.25, 0.3) is 11.1 Å². The van der Waals surface area contributed by atoms with Gasteiger partial charge in [0.2, 0.25) is 0 Å². The van der Waals surface area contributed by atoms with Gasteiger partial charge in [-0.3, -0.25) is 4.98 Å². The molecule has 0 aliphatic rings. The molecule has 0 fully saturated rings. The topological polar surface area (TPSA) is 76.7 Å². The highest BCUT2D eigenvalue weighted by Crippen LogP contribution is 2.24. The lowest BCUT2D eigenvalue weighted by Gasteiger charge is -2.19. The van der Waals surface area contributed by atoms with Gasteiger partial charge >= 0.3 is 5.69 Å². The van der Waals surface area contributed by atoms with Gasteiger partial charge in [-0.05, 0) is 64.6 Å². The quantitative estimate of drug-likeness (QED) is 0.354. The van der Waals surface area contributed by atoms with Crippen LogP contribution >= 0.6 is 0 Å². The van der Waals surface area contributed by atoms with Crippen LogP contribution in [0, 0.1) is 6.92 Å². The molecule has 5 heteroatoms. The zero-order valence-corrected chi connectivity index (χ0v) is 20.6. The summed E-state index contributed by atoms with van der Waals surface area (Å²) in [6.07, 6.45) is 2.59. The summed E-state index contributed by atoms with van der Waals surface area (Å²) in [4.78, 5) is 15.3. The van der Waals surface area contributed by atoms with E-state index in [1.54, 1.807) is 0 Å². The molecular formula is C29H34N4O. The maximum absolute atomic E-state index is 12.4. The number of nitrogens with zero attached hydrogens (tertiary/aromatic N) is 2. The molecule has 0 unspecified atom stereocenters. The number of anilines is 1. The van der Waals surface area contributed by atoms with Crippen molar-refractivity contribution in [2.45, 2.75) is 58.9 Å². The third-order valence-electron chi connectivity index (χ3n) is 6.32. The van der Waals surface area contributed by atoms with Gasteiger partial charge < -0.3 is 5.73 Å². The second kappa shape index (κ2) is 9.72. The van der Waals surface area contributed by atoms with E-state index in [1.807, 2.05) is 13.0 Å². The first-order valence-electron chi connectivity index (χ1n) is 11.9. The molecule has 1 aromatic heterocycles. The zero-order valence-electron chi connectivity index (χ0n) is 20.6. The Labute approximate surface area is 201 Å². The van der Waals surface area contributed by atoms with Crippen LogP contribution in [0.4, 0.5) is 5.69 Å². The molecule has 4 aromatic rings. The molecule has 0 spiro atoms. The second-order valence-electron chi connectivity index (χ2n) is 10.1. The Morgan fingerprint density at radius 3 is 2.18 bits per heavy atom. The van der Waals surface area contributed by atoms with Crippen molar-refractivity contribution in [1.82, 2.24) is 14.8 Å². The second-order valence-corrected chi connectivity index (χ2v) is 10.1. The zero-order chi connectivity index (χ0) is 24.3. The first kappa shape index (κ1) is 23.6. The van der Waals surface area contributed by atoms with Crippen LogP contribution in [-0.2, 0) is 24.8 Å². The number of aromatic nitrogens is 3. The molecule has 176 valence electrons. The SMILES string of the molecule is Cc1ccc(-c2ccc(CCCc3nn(Cc4ccc(C(C)(C)C)cc4)c(=O)[nH]3)cc2)cc1N. The summed E-state index contributed by atoms with van der Waals surface area (Å²) in [6.45, 7) is 9.08. The number of nitrogen functional groups attached to an aromatic ring is 1. The van der Waals surface area contributed by atoms with E-state index in [9.17, 15) is 4.79 Å². The van der Waals surface area contributed by atoms with Crippen LogP contribution < -0.4 is 11.4 Å². The molecule has 0 bridgehead atoms. The average molecular weight is 455 g/mol. The normalized spacial score (nSPS) is 11.6. The van der Waals surface area contributed by atoms with E-state index in [1.165, 1.54) is 15.8 Å². The lowest BCUT2D eigenvalue weighted by Crippen LogP contribution is -2.19. The molecule has 5 nitrogen and oxygen atoms in total. The van der Waals surface area contributed by atoms with Gasteiger partial charge in [-0.1, -0.05) is 81.4 Å². The van der Waals surface area contributed by atoms with E-state index in [0.717, 1.165) is 53.0 Å². The standard InChI is InChI=1S/C29H34N4O/c1-20-8-13-24(18-26(20)30)23-14-9-21(10-15-23)6-5-7-27-31-28(34)33(32-27)19-22-11-16-25(17-12-22)29(2,3)4/h8-18H,5-7,19,30H2,1-4H3,(H,31,32,34). The van der Waals surface area contributed by atoms with Gasteiger partial charge in [0, 0.05) is 12.1 Å². The van der Waals surface area contributed by atoms with Gasteiger partial charge in [0.05, 0.1) is 6.54 Å². The van der Waals surface area contributed by atoms with Gasteiger partial charge in [0.25, 0.3) is 0 Å². The van der Waals surface area contributed by atoms with Crippen molar-refractivity contribution in [2.75, 3.05) is 5.73 Å². The van der Waals surface area contributed by atoms with E-state index in [0.29, 0.717) is 6.54 Å². The molecule has 0 radical (unpaired) electrons. The molecule has 0 saturated carbocycles. The van der Waals surface area contributed by atoms with Crippen molar-refractivity contribution in [1.29, 1.82) is 0 Å². The number of benzene rings is 3. The Bertz CT molecular complexity index is 1310. The third-order valence-corrected chi connectivity index (χ3v) is 6.32. The molecule has 4 rings (SSSR count). The van der Waals surface area contributed by atoms with Gasteiger partial charge in [-0.15, -0.1) is 0 Å². The summed E-state index contributed by atoms with van der Waals surface area (Å²) in [5, 5.41) is 4.51. The van der Waals surface area contributed by atoms with E-state index in [4.69, 9.17) is 5.73 Å². The highest BCUT2D eigenvalue weighted by molar-refractivity contribution is 5.69. The van der Waals surface area contributed by atoms with E-state index in [-0.39, 0.29) is 11.1 Å². The summed E-state index contributed by atoms with van der Waals surface area (Å²) >= 11 is 0. The van der Waals surface area contributed by atoms with E-state index >= 15 is 0 Å². The van der Waals surface area contributed by atoms with Gasteiger partial charge in [-0.2, -0.15) is 5.10 Å². The minimum atomic E-state index is -0.156. The smallest absolute Gasteiger partial charge is 0.343 e. The van der Waals surface area contributed by atoms with Crippen LogP contribution in [0.3, 0.4) is 0 Å². The fraction of sp³-hybridized carbons (Fsp3) is 0.310. The van der Waals surface area contributed by atoms with E-state index < -0.39 is 0 Å². The van der Waals surface area contributed by atoms with Crippen LogP contribution in [0.15, 0.2) is 71.5 Å². The largest absolute Gasteiger partial charge is 0.398 e. The highest BCUT2D eigenvalue weighted by Gasteiger charge is 2.13. The molecule has 0 atom stereocenters. The number of nitrogens with one attached hydrogen (secondary N) is 1. The van der Waals surface area contributed by atoms with Crippen molar-refractivity contribution in [2.24, 2.45) is 0 Å². The fourth-order valence-corrected chi connectivity index (χ4v) is 4.05. The summed E-state index contributed by atoms with van der Waals surface area (Å²) in [6, 6.07) is 23.2. The van der Waals surface area contributed by atoms with Gasteiger partial charge in [0.15, 0.2) is 0 Å². The van der Waals surface area contributed by atoms with Gasteiger partial charge in [0.1, 0.15) is 5.82 Å². The lowest BCUT2D eigenvalue weighted by atomic mass is 9.87. The van der Waals surface area contributed by atoms with E-state index in [2.05, 4.69) is 91.5 Å². The fourth-order valence-electron chi connectivity index (χ4n) is 4.05. The van der Waals surface area contributed by atoms with Crippen LogP contribution in [0.5, 0.6) is 0 Å². The third kappa shape index (κ3) is 5.66. The van der Waals surface area contributed by atoms with Crippen LogP contribution in [0.1, 0.15) is 55.3 Å². The van der Waals surface area contributed by atoms with Crippen molar-refractivity contribution in [3.63, 3.8) is 0 Å². The maximum Gasteiger partial charge on any atom is 0.343 e. The summed E-state index contributed by atoms with van der Waals surface area (Å²) in [5.74, 6) is 0.739. The Kier molecular flexibility index (Phi) is 6.73. The Morgan fingerprint density at radius 1 is 0.882 bits per heavy atom. The molecule has 0 aliphatic heterocycles. The summed E-state index contributed by atoms with van der Waals surface area (Å²) in [5.41, 5.74) is 13.8. The predicted molar refractivity (Wildman–Crippen MR) is 140 cm³/mol. The lowest BCUT2D eigenvalue weighted by molar-refractivity contribution is 0.589. The molecule has 0 saturated heterocycles. The Balaban J connectivity index is 1.33. The first-order valence-corrected chi connectivity index (χ1v) is 11.9. The highest BCUT2D eigenvalue weighted by atomic mass is 16.1. The maximum atomic E-state index is 12.4. The van der Waals surface area contributed by atoms with Crippen molar-refractivity contribution < 1.29 is 0 Å². The molecular weight excluding hydrogens is 420 g/mol. The number of hydrogen-bond donors (Lipinski definition) is 2. The van der Waals surface area contributed by atoms with Crippen molar-refractivity contribution in [3.8, 4) is 11.1 Å². The minimum Gasteiger partial charge on any atom is -0.398 e. The molecule has 3 N–H and O–H groups in total. The number of aromatic amines is 1. The first-order chi connectivity index (χ1) is 16.2. The monoisotopic (exact) mass is 454 g/mol. The average Bonchev–Trinajstić information content (AvgIpc) is 3.15. The van der Waals surface area contributed by atoms with Gasteiger partial charge in [-0.25, -0.2) is 9.48 Å². The summed E-state index contributed by atoms with van der Waals surface area (Å²) in [7, 11) is 0. The minimum absolute atomic E-state index is 0.115. The van der Waals surface area contributed by atoms with Crippen LogP contribution in [0.2, 0.25) is 0 Å². The molecule has 0 amide bonds. The number of hydrogen-bond acceptors (Lipinski definition) is 3. The Morgan fingerprint density at radius 2 is 1.53 bits per heavy atom. The van der Waals surface area contributed by atoms with Crippen molar-refractivity contribution in [3.05, 3.63) is 105 Å². The number of nitrogens with two attached hydrogens (primary N) is 1. The number of rotatable bonds is 7. The number of aryl methyl sites for hydroxylation is 3. The molecule has 0 aliphatic carbocycles. The molecule has 3 aromatic carbocycles. The summed E-state index contributed by atoms with van der Waals surface area (Å²) < 4.78 is 1.52.